The highest BCUT2D eigenvalue weighted by Gasteiger charge is 2.45. The van der Waals surface area contributed by atoms with Crippen LogP contribution in [0.5, 0.6) is 0 Å². The van der Waals surface area contributed by atoms with Crippen LogP contribution >= 0.6 is 0 Å². The van der Waals surface area contributed by atoms with Crippen molar-refractivity contribution in [3.63, 3.8) is 0 Å². The molecule has 2 aliphatic heterocycles. The summed E-state index contributed by atoms with van der Waals surface area (Å²) >= 11 is 0. The molecule has 0 spiro atoms. The van der Waals surface area contributed by atoms with E-state index in [2.05, 4.69) is 19.2 Å². The molecule has 0 bridgehead atoms. The third-order valence-electron chi connectivity index (χ3n) is 5.39. The average Bonchev–Trinajstić information content (AvgIpc) is 2.97. The van der Waals surface area contributed by atoms with Crippen LogP contribution in [-0.2, 0) is 9.53 Å². The molecule has 2 rings (SSSR count). The summed E-state index contributed by atoms with van der Waals surface area (Å²) < 4.78 is 5.16. The summed E-state index contributed by atoms with van der Waals surface area (Å²) in [5.74, 6) is -1.01. The summed E-state index contributed by atoms with van der Waals surface area (Å²) in [4.78, 5) is 25.5. The van der Waals surface area contributed by atoms with Crippen LogP contribution in [-0.4, -0.2) is 53.8 Å². The molecule has 0 aromatic carbocycles. The summed E-state index contributed by atoms with van der Waals surface area (Å²) in [5.41, 5.74) is -0.904. The van der Waals surface area contributed by atoms with Gasteiger partial charge >= 0.3 is 12.0 Å². The molecule has 0 radical (unpaired) electrons. The molecule has 0 aromatic rings. The number of likely N-dealkylation sites (tertiary alicyclic amines) is 1. The van der Waals surface area contributed by atoms with Crippen LogP contribution in [0.15, 0.2) is 0 Å². The molecule has 2 heterocycles. The highest BCUT2D eigenvalue weighted by molar-refractivity contribution is 5.86. The number of ether oxygens (including phenoxy) is 1. The normalized spacial score (nSPS) is 28.4. The zero-order valence-corrected chi connectivity index (χ0v) is 13.0. The van der Waals surface area contributed by atoms with Crippen molar-refractivity contribution in [3.05, 3.63) is 0 Å². The SMILES string of the molecule is CCC1(CC)CCN(C(=O)NC2(C(=O)O)CCOC2)CC1. The van der Waals surface area contributed by atoms with Crippen molar-refractivity contribution < 1.29 is 19.4 Å². The summed E-state index contributed by atoms with van der Waals surface area (Å²) in [7, 11) is 0. The Morgan fingerprint density at radius 1 is 1.19 bits per heavy atom. The molecule has 120 valence electrons. The van der Waals surface area contributed by atoms with E-state index < -0.39 is 11.5 Å². The van der Waals surface area contributed by atoms with E-state index >= 15 is 0 Å². The van der Waals surface area contributed by atoms with E-state index in [4.69, 9.17) is 4.74 Å². The standard InChI is InChI=1S/C15H26N2O4/c1-3-14(4-2)5-8-17(9-6-14)13(20)16-15(12(18)19)7-10-21-11-15/h3-11H2,1-2H3,(H,16,20)(H,18,19). The van der Waals surface area contributed by atoms with Gasteiger partial charge in [0, 0.05) is 26.1 Å². The van der Waals surface area contributed by atoms with Crippen LogP contribution in [0.1, 0.15) is 46.0 Å². The number of nitrogens with zero attached hydrogens (tertiary/aromatic N) is 1. The molecule has 2 amide bonds. The lowest BCUT2D eigenvalue weighted by atomic mass is 9.74. The fourth-order valence-electron chi connectivity index (χ4n) is 3.31. The van der Waals surface area contributed by atoms with Gasteiger partial charge in [-0.15, -0.1) is 0 Å². The number of hydrogen-bond donors (Lipinski definition) is 2. The fraction of sp³-hybridized carbons (Fsp3) is 0.867. The van der Waals surface area contributed by atoms with E-state index in [9.17, 15) is 14.7 Å². The van der Waals surface area contributed by atoms with Gasteiger partial charge in [-0.05, 0) is 18.3 Å². The van der Waals surface area contributed by atoms with Crippen molar-refractivity contribution >= 4 is 12.0 Å². The average molecular weight is 298 g/mol. The number of carbonyl (C=O) groups excluding carboxylic acids is 1. The minimum absolute atomic E-state index is 0.0514. The minimum atomic E-state index is -1.25. The Balaban J connectivity index is 1.94. The molecule has 0 saturated carbocycles. The van der Waals surface area contributed by atoms with Crippen molar-refractivity contribution in [1.82, 2.24) is 10.2 Å². The van der Waals surface area contributed by atoms with Crippen molar-refractivity contribution in [3.8, 4) is 0 Å². The lowest BCUT2D eigenvalue weighted by Crippen LogP contribution is -2.59. The molecular formula is C15H26N2O4. The lowest BCUT2D eigenvalue weighted by Gasteiger charge is -2.41. The van der Waals surface area contributed by atoms with E-state index in [0.717, 1.165) is 25.7 Å². The predicted octanol–water partition coefficient (Wildman–Crippen LogP) is 1.84. The second-order valence-corrected chi connectivity index (χ2v) is 6.31. The number of rotatable bonds is 4. The van der Waals surface area contributed by atoms with Crippen LogP contribution in [0.3, 0.4) is 0 Å². The van der Waals surface area contributed by atoms with Gasteiger partial charge in [0.05, 0.1) is 6.61 Å². The van der Waals surface area contributed by atoms with Gasteiger partial charge in [0.2, 0.25) is 0 Å². The minimum Gasteiger partial charge on any atom is -0.479 e. The first kappa shape index (κ1) is 16.1. The molecule has 1 atom stereocenters. The number of piperidine rings is 1. The number of nitrogens with one attached hydrogen (secondary N) is 1. The largest absolute Gasteiger partial charge is 0.479 e. The molecule has 6 heteroatoms. The van der Waals surface area contributed by atoms with Gasteiger partial charge in [-0.25, -0.2) is 9.59 Å². The maximum absolute atomic E-state index is 12.3. The summed E-state index contributed by atoms with van der Waals surface area (Å²) in [6, 6.07) is -0.274. The van der Waals surface area contributed by atoms with Crippen LogP contribution in [0.2, 0.25) is 0 Å². The molecule has 2 saturated heterocycles. The van der Waals surface area contributed by atoms with E-state index in [0.29, 0.717) is 31.5 Å². The summed E-state index contributed by atoms with van der Waals surface area (Å²) in [6.45, 7) is 6.23. The second-order valence-electron chi connectivity index (χ2n) is 6.31. The van der Waals surface area contributed by atoms with Gasteiger partial charge in [0.1, 0.15) is 0 Å². The van der Waals surface area contributed by atoms with Gasteiger partial charge in [0.15, 0.2) is 5.54 Å². The molecule has 2 N–H and O–H groups in total. The maximum Gasteiger partial charge on any atom is 0.332 e. The van der Waals surface area contributed by atoms with Crippen molar-refractivity contribution in [2.75, 3.05) is 26.3 Å². The molecular weight excluding hydrogens is 272 g/mol. The quantitative estimate of drug-likeness (QED) is 0.830. The number of urea groups is 1. The molecule has 21 heavy (non-hydrogen) atoms. The molecule has 2 aliphatic rings. The van der Waals surface area contributed by atoms with Crippen LogP contribution in [0, 0.1) is 5.41 Å². The van der Waals surface area contributed by atoms with Crippen LogP contribution < -0.4 is 5.32 Å². The number of hydrogen-bond acceptors (Lipinski definition) is 3. The lowest BCUT2D eigenvalue weighted by molar-refractivity contribution is -0.144. The number of amides is 2. The Hall–Kier alpha value is -1.30. The molecule has 0 aromatic heterocycles. The van der Waals surface area contributed by atoms with Crippen LogP contribution in [0.4, 0.5) is 4.79 Å². The van der Waals surface area contributed by atoms with Gasteiger partial charge in [0.25, 0.3) is 0 Å². The molecule has 1 unspecified atom stereocenters. The highest BCUT2D eigenvalue weighted by atomic mass is 16.5. The fourth-order valence-corrected chi connectivity index (χ4v) is 3.31. The Bertz CT molecular complexity index is 390. The summed E-state index contributed by atoms with van der Waals surface area (Å²) in [6.07, 6.45) is 4.57. The smallest absolute Gasteiger partial charge is 0.332 e. The van der Waals surface area contributed by atoms with Gasteiger partial charge in [-0.2, -0.15) is 0 Å². The van der Waals surface area contributed by atoms with Gasteiger partial charge in [-0.1, -0.05) is 26.7 Å². The number of carbonyl (C=O) groups is 2. The topological polar surface area (TPSA) is 78.9 Å². The Morgan fingerprint density at radius 3 is 2.24 bits per heavy atom. The number of carboxylic acid groups (broad SMARTS) is 1. The Labute approximate surface area is 125 Å². The van der Waals surface area contributed by atoms with E-state index in [-0.39, 0.29) is 12.6 Å². The monoisotopic (exact) mass is 298 g/mol. The van der Waals surface area contributed by atoms with E-state index in [1.807, 2.05) is 0 Å². The first-order chi connectivity index (χ1) is 9.97. The summed E-state index contributed by atoms with van der Waals surface area (Å²) in [5, 5.41) is 12.0. The number of aliphatic carboxylic acids is 1. The van der Waals surface area contributed by atoms with Crippen molar-refractivity contribution in [2.24, 2.45) is 5.41 Å². The second kappa shape index (κ2) is 6.22. The Kier molecular flexibility index (Phi) is 4.76. The molecule has 6 nitrogen and oxygen atoms in total. The first-order valence-electron chi connectivity index (χ1n) is 7.85. The third kappa shape index (κ3) is 3.15. The zero-order chi connectivity index (χ0) is 15.5. The molecule has 2 fully saturated rings. The third-order valence-corrected chi connectivity index (χ3v) is 5.39. The predicted molar refractivity (Wildman–Crippen MR) is 78.2 cm³/mol. The maximum atomic E-state index is 12.3. The Morgan fingerprint density at radius 2 is 1.81 bits per heavy atom. The van der Waals surface area contributed by atoms with Crippen molar-refractivity contribution in [2.45, 2.75) is 51.5 Å². The van der Waals surface area contributed by atoms with Gasteiger partial charge < -0.3 is 20.1 Å². The van der Waals surface area contributed by atoms with E-state index in [1.54, 1.807) is 4.90 Å². The number of carboxylic acids is 1. The zero-order valence-electron chi connectivity index (χ0n) is 13.0. The van der Waals surface area contributed by atoms with Gasteiger partial charge in [-0.3, -0.25) is 0 Å². The first-order valence-corrected chi connectivity index (χ1v) is 7.85. The van der Waals surface area contributed by atoms with Crippen LogP contribution in [0.25, 0.3) is 0 Å². The van der Waals surface area contributed by atoms with Crippen molar-refractivity contribution in [1.29, 1.82) is 0 Å². The highest BCUT2D eigenvalue weighted by Crippen LogP contribution is 2.37. The van der Waals surface area contributed by atoms with E-state index in [1.165, 1.54) is 0 Å². The molecule has 0 aliphatic carbocycles.